The number of hydrogen-bond donors (Lipinski definition) is 4. The molecule has 4 N–H and O–H groups in total. The molecule has 1 fully saturated rings. The van der Waals surface area contributed by atoms with Gasteiger partial charge in [0.05, 0.1) is 27.7 Å². The number of benzene rings is 1. The van der Waals surface area contributed by atoms with Gasteiger partial charge in [0.1, 0.15) is 11.3 Å². The van der Waals surface area contributed by atoms with Crippen LogP contribution in [-0.2, 0) is 10.3 Å². The van der Waals surface area contributed by atoms with Gasteiger partial charge in [-0.2, -0.15) is 5.01 Å². The molecule has 0 aliphatic carbocycles. The molecule has 9 heteroatoms. The van der Waals surface area contributed by atoms with Crippen LogP contribution >= 0.6 is 12.2 Å². The first-order valence-electron chi connectivity index (χ1n) is 8.42. The summed E-state index contributed by atoms with van der Waals surface area (Å²) in [6, 6.07) is 6.45. The second-order valence-electron chi connectivity index (χ2n) is 6.60. The number of hydrogen-bond acceptors (Lipinski definition) is 4. The molecule has 0 bridgehead atoms. The van der Waals surface area contributed by atoms with Crippen molar-refractivity contribution >= 4 is 29.3 Å². The minimum atomic E-state index is -1.17. The number of urea groups is 1. The molecule has 0 radical (unpaired) electrons. The van der Waals surface area contributed by atoms with E-state index in [2.05, 4.69) is 30.2 Å². The van der Waals surface area contributed by atoms with Gasteiger partial charge in [-0.25, -0.2) is 4.79 Å². The van der Waals surface area contributed by atoms with Gasteiger partial charge < -0.3 is 20.3 Å². The third-order valence-corrected chi connectivity index (χ3v) is 4.45. The molecule has 0 unspecified atom stereocenters. The quantitative estimate of drug-likeness (QED) is 0.286. The maximum Gasteiger partial charge on any atom is 0.344 e. The number of hydrazine groups is 1. The molecule has 1 heterocycles. The van der Waals surface area contributed by atoms with E-state index in [0.29, 0.717) is 17.9 Å². The fourth-order valence-electron chi connectivity index (χ4n) is 2.65. The Morgan fingerprint density at radius 2 is 1.96 bits per heavy atom. The smallest absolute Gasteiger partial charge is 0.344 e. The van der Waals surface area contributed by atoms with Crippen LogP contribution in [0.3, 0.4) is 0 Å². The van der Waals surface area contributed by atoms with Crippen molar-refractivity contribution in [2.75, 3.05) is 34.3 Å². The number of carbonyl (C=O) groups excluding carboxylic acids is 2. The Labute approximate surface area is 158 Å². The minimum absolute atomic E-state index is 0.237. The van der Waals surface area contributed by atoms with Gasteiger partial charge >= 0.3 is 6.03 Å². The maximum atomic E-state index is 12.8. The molecule has 26 heavy (non-hydrogen) atoms. The first-order chi connectivity index (χ1) is 12.3. The fraction of sp³-hybridized carbons (Fsp3) is 0.471. The largest absolute Gasteiger partial charge is 0.497 e. The number of carbonyl (C=O) groups is 2. The fourth-order valence-corrected chi connectivity index (χ4v) is 2.84. The summed E-state index contributed by atoms with van der Waals surface area (Å²) >= 11 is 5.18. The zero-order chi connectivity index (χ0) is 19.3. The Balaban J connectivity index is 1.99. The van der Waals surface area contributed by atoms with Crippen LogP contribution in [0.2, 0.25) is 0 Å². The number of ether oxygens (including phenoxy) is 1. The molecule has 1 saturated heterocycles. The monoisotopic (exact) mass is 380 g/mol. The van der Waals surface area contributed by atoms with Crippen molar-refractivity contribution in [3.05, 3.63) is 29.8 Å². The average Bonchev–Trinajstić information content (AvgIpc) is 2.83. The molecular weight excluding hydrogens is 354 g/mol. The molecule has 0 aromatic heterocycles. The van der Waals surface area contributed by atoms with Gasteiger partial charge in [-0.3, -0.25) is 10.2 Å². The zero-order valence-electron chi connectivity index (χ0n) is 15.5. The van der Waals surface area contributed by atoms with Crippen molar-refractivity contribution in [2.24, 2.45) is 0 Å². The molecule has 1 aliphatic rings. The van der Waals surface area contributed by atoms with E-state index in [0.717, 1.165) is 18.0 Å². The third-order valence-electron chi connectivity index (χ3n) is 4.21. The maximum absolute atomic E-state index is 12.8. The van der Waals surface area contributed by atoms with Gasteiger partial charge in [-0.05, 0) is 36.8 Å². The van der Waals surface area contributed by atoms with Crippen LogP contribution in [0, 0.1) is 0 Å². The lowest BCUT2D eigenvalue weighted by atomic mass is 9.92. The number of methoxy groups -OCH3 is 1. The summed E-state index contributed by atoms with van der Waals surface area (Å²) in [5, 5.41) is 6.87. The molecule has 1 aromatic rings. The number of amides is 3. The van der Waals surface area contributed by atoms with Crippen molar-refractivity contribution in [1.29, 1.82) is 0 Å². The summed E-state index contributed by atoms with van der Waals surface area (Å²) in [5.41, 5.74) is 2.17. The van der Waals surface area contributed by atoms with Crippen molar-refractivity contribution < 1.29 is 19.2 Å². The van der Waals surface area contributed by atoms with E-state index in [4.69, 9.17) is 17.0 Å². The summed E-state index contributed by atoms with van der Waals surface area (Å²) < 4.78 is 5.13. The summed E-state index contributed by atoms with van der Waals surface area (Å²) in [6.45, 7) is 3.32. The SMILES string of the molecule is COc1ccc([C@]2(C)NC(=O)N(NC(=S)NCCC[NH+](C)C)C2=O)cc1. The molecule has 0 spiro atoms. The van der Waals surface area contributed by atoms with E-state index in [1.54, 1.807) is 38.3 Å². The number of thiocarbonyl (C=S) groups is 1. The number of nitrogens with zero attached hydrogens (tertiary/aromatic N) is 1. The van der Waals surface area contributed by atoms with Gasteiger partial charge in [-0.1, -0.05) is 12.1 Å². The minimum Gasteiger partial charge on any atom is -0.497 e. The van der Waals surface area contributed by atoms with Crippen LogP contribution in [0.15, 0.2) is 24.3 Å². The summed E-state index contributed by atoms with van der Waals surface area (Å²) in [7, 11) is 5.71. The molecule has 2 rings (SSSR count). The molecule has 8 nitrogen and oxygen atoms in total. The summed E-state index contributed by atoms with van der Waals surface area (Å²) in [6.07, 6.45) is 0.924. The van der Waals surface area contributed by atoms with Gasteiger partial charge in [-0.15, -0.1) is 0 Å². The van der Waals surface area contributed by atoms with E-state index in [-0.39, 0.29) is 5.11 Å². The topological polar surface area (TPSA) is 87.1 Å². The van der Waals surface area contributed by atoms with E-state index in [9.17, 15) is 9.59 Å². The number of imide groups is 1. The van der Waals surface area contributed by atoms with Crippen LogP contribution in [0.1, 0.15) is 18.9 Å². The molecule has 1 aromatic carbocycles. The van der Waals surface area contributed by atoms with E-state index in [1.807, 2.05) is 0 Å². The molecule has 0 saturated carbocycles. The number of rotatable bonds is 7. The first-order valence-corrected chi connectivity index (χ1v) is 8.83. The van der Waals surface area contributed by atoms with Crippen LogP contribution in [0.25, 0.3) is 0 Å². The molecular formula is C17H26N5O3S+. The highest BCUT2D eigenvalue weighted by Gasteiger charge is 2.49. The second kappa shape index (κ2) is 8.33. The lowest BCUT2D eigenvalue weighted by Gasteiger charge is -2.23. The van der Waals surface area contributed by atoms with Crippen molar-refractivity contribution in [3.8, 4) is 5.75 Å². The highest BCUT2D eigenvalue weighted by atomic mass is 32.1. The Kier molecular flexibility index (Phi) is 6.38. The average molecular weight is 380 g/mol. The normalized spacial score (nSPS) is 19.5. The van der Waals surface area contributed by atoms with Crippen LogP contribution < -0.4 is 25.7 Å². The molecule has 1 atom stereocenters. The highest BCUT2D eigenvalue weighted by Crippen LogP contribution is 2.29. The third kappa shape index (κ3) is 4.41. The van der Waals surface area contributed by atoms with Crippen molar-refractivity contribution in [3.63, 3.8) is 0 Å². The van der Waals surface area contributed by atoms with E-state index < -0.39 is 17.5 Å². The first kappa shape index (κ1) is 19.9. The highest BCUT2D eigenvalue weighted by molar-refractivity contribution is 7.80. The predicted octanol–water partition coefficient (Wildman–Crippen LogP) is -0.624. The second-order valence-corrected chi connectivity index (χ2v) is 7.01. The number of quaternary nitrogens is 1. The van der Waals surface area contributed by atoms with Crippen LogP contribution in [0.5, 0.6) is 5.75 Å². The standard InChI is InChI=1S/C17H25N5O3S/c1-17(12-6-8-13(25-4)9-7-12)14(23)22(16(24)19-17)20-15(26)18-10-5-11-21(2)3/h6-9H,5,10-11H2,1-4H3,(H,19,24)(H2,18,20,26)/p+1/t17-/m0/s1. The van der Waals surface area contributed by atoms with Gasteiger partial charge in [0.25, 0.3) is 5.91 Å². The molecule has 1 aliphatic heterocycles. The summed E-state index contributed by atoms with van der Waals surface area (Å²) in [4.78, 5) is 26.4. The van der Waals surface area contributed by atoms with Gasteiger partial charge in [0.15, 0.2) is 5.11 Å². The van der Waals surface area contributed by atoms with Crippen molar-refractivity contribution in [1.82, 2.24) is 21.1 Å². The molecule has 142 valence electrons. The Morgan fingerprint density at radius 1 is 1.31 bits per heavy atom. The van der Waals surface area contributed by atoms with Crippen LogP contribution in [-0.4, -0.2) is 56.4 Å². The Morgan fingerprint density at radius 3 is 2.54 bits per heavy atom. The Bertz CT molecular complexity index is 679. The zero-order valence-corrected chi connectivity index (χ0v) is 16.3. The van der Waals surface area contributed by atoms with E-state index in [1.165, 1.54) is 4.90 Å². The summed E-state index contributed by atoms with van der Waals surface area (Å²) in [5.74, 6) is 0.253. The van der Waals surface area contributed by atoms with Crippen molar-refractivity contribution in [2.45, 2.75) is 18.9 Å². The number of nitrogens with one attached hydrogen (secondary N) is 4. The molecule has 3 amide bonds. The van der Waals surface area contributed by atoms with Gasteiger partial charge in [0, 0.05) is 13.0 Å². The lowest BCUT2D eigenvalue weighted by Crippen LogP contribution is -3.05. The predicted molar refractivity (Wildman–Crippen MR) is 102 cm³/mol. The van der Waals surface area contributed by atoms with Gasteiger partial charge in [0.2, 0.25) is 0 Å². The Hall–Kier alpha value is -2.39. The van der Waals surface area contributed by atoms with E-state index >= 15 is 0 Å². The lowest BCUT2D eigenvalue weighted by molar-refractivity contribution is -0.858. The van der Waals surface area contributed by atoms with Crippen LogP contribution in [0.4, 0.5) is 4.79 Å².